The molecular weight excluding hydrogens is 214 g/mol. The van der Waals surface area contributed by atoms with Gasteiger partial charge in [0, 0.05) is 12.4 Å². The van der Waals surface area contributed by atoms with Crippen molar-refractivity contribution < 1.29 is 5.11 Å². The molecule has 3 heteroatoms. The summed E-state index contributed by atoms with van der Waals surface area (Å²) in [6, 6.07) is 7.42. The molecule has 2 rings (SSSR count). The van der Waals surface area contributed by atoms with Crippen molar-refractivity contribution in [2.75, 3.05) is 0 Å². The molecule has 0 aliphatic heterocycles. The number of aromatic nitrogens is 1. The molecule has 90 valence electrons. The molecule has 1 aromatic heterocycles. The van der Waals surface area contributed by atoms with E-state index < -0.39 is 0 Å². The van der Waals surface area contributed by atoms with Crippen LogP contribution in [0, 0.1) is 5.92 Å². The number of aromatic hydroxyl groups is 1. The second-order valence-corrected chi connectivity index (χ2v) is 4.81. The van der Waals surface area contributed by atoms with Crippen LogP contribution in [-0.4, -0.2) is 9.67 Å². The third-order valence-corrected chi connectivity index (χ3v) is 2.98. The fourth-order valence-electron chi connectivity index (χ4n) is 2.13. The molecule has 1 N–H and O–H groups in total. The van der Waals surface area contributed by atoms with Gasteiger partial charge < -0.3 is 9.67 Å². The molecule has 2 aromatic rings. The molecule has 0 radical (unpaired) electrons. The molecule has 3 nitrogen and oxygen atoms in total. The summed E-state index contributed by atoms with van der Waals surface area (Å²) in [5.74, 6) is 0.479. The van der Waals surface area contributed by atoms with Crippen LogP contribution in [0.2, 0.25) is 0 Å². The maximum absolute atomic E-state index is 12.1. The molecule has 0 saturated heterocycles. The zero-order valence-corrected chi connectivity index (χ0v) is 10.4. The molecule has 0 amide bonds. The Hall–Kier alpha value is -1.77. The first-order valence-corrected chi connectivity index (χ1v) is 5.82. The summed E-state index contributed by atoms with van der Waals surface area (Å²) in [6.45, 7) is 4.07. The lowest BCUT2D eigenvalue weighted by molar-refractivity contribution is 0.465. The molecule has 0 unspecified atom stereocenters. The third-order valence-electron chi connectivity index (χ3n) is 2.98. The predicted octanol–water partition coefficient (Wildman–Crippen LogP) is 2.44. The first-order valence-electron chi connectivity index (χ1n) is 5.82. The van der Waals surface area contributed by atoms with Gasteiger partial charge in [-0.25, -0.2) is 0 Å². The van der Waals surface area contributed by atoms with Crippen LogP contribution < -0.4 is 5.56 Å². The van der Waals surface area contributed by atoms with Gasteiger partial charge in [-0.3, -0.25) is 4.79 Å². The Morgan fingerprint density at radius 1 is 1.29 bits per heavy atom. The van der Waals surface area contributed by atoms with Gasteiger partial charge in [-0.2, -0.15) is 0 Å². The molecule has 0 atom stereocenters. The Kier molecular flexibility index (Phi) is 2.92. The molecule has 17 heavy (non-hydrogen) atoms. The van der Waals surface area contributed by atoms with Gasteiger partial charge >= 0.3 is 0 Å². The summed E-state index contributed by atoms with van der Waals surface area (Å²) < 4.78 is 1.60. The average molecular weight is 231 g/mol. The van der Waals surface area contributed by atoms with Gasteiger partial charge in [0.05, 0.1) is 11.1 Å². The van der Waals surface area contributed by atoms with E-state index >= 15 is 0 Å². The van der Waals surface area contributed by atoms with Gasteiger partial charge in [-0.05, 0) is 24.5 Å². The molecule has 0 saturated carbocycles. The largest absolute Gasteiger partial charge is 0.507 e. The van der Waals surface area contributed by atoms with E-state index in [1.165, 1.54) is 0 Å². The number of hydrogen-bond acceptors (Lipinski definition) is 2. The number of nitrogens with zero attached hydrogens (tertiary/aromatic N) is 1. The first-order chi connectivity index (χ1) is 8.02. The van der Waals surface area contributed by atoms with Crippen LogP contribution in [0.15, 0.2) is 29.1 Å². The van der Waals surface area contributed by atoms with E-state index in [0.29, 0.717) is 17.9 Å². The van der Waals surface area contributed by atoms with Crippen molar-refractivity contribution in [2.45, 2.75) is 20.3 Å². The third kappa shape index (κ3) is 1.93. The van der Waals surface area contributed by atoms with Crippen molar-refractivity contribution in [1.82, 2.24) is 4.57 Å². The van der Waals surface area contributed by atoms with Crippen LogP contribution in [0.25, 0.3) is 10.9 Å². The van der Waals surface area contributed by atoms with Gasteiger partial charge in [-0.1, -0.05) is 26.0 Å². The monoisotopic (exact) mass is 231 g/mol. The molecular formula is C14H17NO2. The number of fused-ring (bicyclic) bond motifs is 1. The normalized spacial score (nSPS) is 11.3. The minimum atomic E-state index is -0.102. The second kappa shape index (κ2) is 4.24. The van der Waals surface area contributed by atoms with Crippen molar-refractivity contribution in [2.24, 2.45) is 13.0 Å². The van der Waals surface area contributed by atoms with E-state index in [0.717, 1.165) is 10.9 Å². The molecule has 0 bridgehead atoms. The molecule has 0 aliphatic rings. The lowest BCUT2D eigenvalue weighted by Gasteiger charge is -2.12. The summed E-state index contributed by atoms with van der Waals surface area (Å²) >= 11 is 0. The minimum Gasteiger partial charge on any atom is -0.507 e. The Labute approximate surface area is 100 Å². The fourth-order valence-corrected chi connectivity index (χ4v) is 2.13. The fraction of sp³-hybridized carbons (Fsp3) is 0.357. The standard InChI is InChI=1S/C14H17NO2/c1-9(2)8-11-13(16)10-6-4-5-7-12(10)15(3)14(11)17/h4-7,9,16H,8H2,1-3H3. The SMILES string of the molecule is CC(C)Cc1c(O)c2ccccc2n(C)c1=O. The van der Waals surface area contributed by atoms with E-state index in [1.807, 2.05) is 38.1 Å². The summed E-state index contributed by atoms with van der Waals surface area (Å²) in [5.41, 5.74) is 1.18. The lowest BCUT2D eigenvalue weighted by Crippen LogP contribution is -2.22. The Bertz CT molecular complexity index is 611. The molecule has 1 heterocycles. The number of pyridine rings is 1. The lowest BCUT2D eigenvalue weighted by atomic mass is 10.0. The van der Waals surface area contributed by atoms with Gasteiger partial charge in [-0.15, -0.1) is 0 Å². The van der Waals surface area contributed by atoms with Crippen molar-refractivity contribution in [3.63, 3.8) is 0 Å². The smallest absolute Gasteiger partial charge is 0.257 e. The van der Waals surface area contributed by atoms with E-state index in [4.69, 9.17) is 0 Å². The van der Waals surface area contributed by atoms with Crippen molar-refractivity contribution in [1.29, 1.82) is 0 Å². The van der Waals surface area contributed by atoms with E-state index in [2.05, 4.69) is 0 Å². The number of benzene rings is 1. The second-order valence-electron chi connectivity index (χ2n) is 4.81. The molecule has 0 spiro atoms. The number of hydrogen-bond donors (Lipinski definition) is 1. The highest BCUT2D eigenvalue weighted by atomic mass is 16.3. The topological polar surface area (TPSA) is 42.2 Å². The van der Waals surface area contributed by atoms with Crippen molar-refractivity contribution in [3.05, 3.63) is 40.2 Å². The van der Waals surface area contributed by atoms with Gasteiger partial charge in [0.2, 0.25) is 0 Å². The van der Waals surface area contributed by atoms with Crippen LogP contribution in [-0.2, 0) is 13.5 Å². The van der Waals surface area contributed by atoms with Crippen molar-refractivity contribution >= 4 is 10.9 Å². The summed E-state index contributed by atoms with van der Waals surface area (Å²) in [5, 5.41) is 10.9. The van der Waals surface area contributed by atoms with E-state index in [1.54, 1.807) is 11.6 Å². The van der Waals surface area contributed by atoms with E-state index in [9.17, 15) is 9.90 Å². The average Bonchev–Trinajstić information content (AvgIpc) is 2.31. The molecule has 1 aromatic carbocycles. The van der Waals surface area contributed by atoms with Crippen molar-refractivity contribution in [3.8, 4) is 5.75 Å². The summed E-state index contributed by atoms with van der Waals surface area (Å²) in [7, 11) is 1.74. The van der Waals surface area contributed by atoms with Gasteiger partial charge in [0.15, 0.2) is 0 Å². The highest BCUT2D eigenvalue weighted by Gasteiger charge is 2.14. The molecule has 0 aliphatic carbocycles. The quantitative estimate of drug-likeness (QED) is 0.862. The van der Waals surface area contributed by atoms with Crippen LogP contribution in [0.5, 0.6) is 5.75 Å². The Morgan fingerprint density at radius 3 is 2.59 bits per heavy atom. The number of aryl methyl sites for hydroxylation is 1. The Balaban J connectivity index is 2.82. The zero-order chi connectivity index (χ0) is 12.6. The number of rotatable bonds is 2. The highest BCUT2D eigenvalue weighted by molar-refractivity contribution is 5.86. The maximum Gasteiger partial charge on any atom is 0.257 e. The van der Waals surface area contributed by atoms with Crippen LogP contribution >= 0.6 is 0 Å². The molecule has 0 fully saturated rings. The van der Waals surface area contributed by atoms with Gasteiger partial charge in [0.1, 0.15) is 5.75 Å². The summed E-state index contributed by atoms with van der Waals surface area (Å²) in [6.07, 6.45) is 0.601. The number of para-hydroxylation sites is 1. The Morgan fingerprint density at radius 2 is 1.94 bits per heavy atom. The first kappa shape index (κ1) is 11.7. The predicted molar refractivity (Wildman–Crippen MR) is 69.4 cm³/mol. The zero-order valence-electron chi connectivity index (χ0n) is 10.4. The van der Waals surface area contributed by atoms with Crippen LogP contribution in [0.4, 0.5) is 0 Å². The van der Waals surface area contributed by atoms with Crippen LogP contribution in [0.3, 0.4) is 0 Å². The summed E-state index contributed by atoms with van der Waals surface area (Å²) in [4.78, 5) is 12.1. The maximum atomic E-state index is 12.1. The highest BCUT2D eigenvalue weighted by Crippen LogP contribution is 2.26. The van der Waals surface area contributed by atoms with Gasteiger partial charge in [0.25, 0.3) is 5.56 Å². The minimum absolute atomic E-state index is 0.102. The van der Waals surface area contributed by atoms with Crippen LogP contribution in [0.1, 0.15) is 19.4 Å². The van der Waals surface area contributed by atoms with E-state index in [-0.39, 0.29) is 11.3 Å².